The minimum Gasteiger partial charge on any atom is -0.497 e. The summed E-state index contributed by atoms with van der Waals surface area (Å²) in [5.74, 6) is 1.66. The van der Waals surface area contributed by atoms with Crippen molar-refractivity contribution < 1.29 is 14.3 Å². The predicted octanol–water partition coefficient (Wildman–Crippen LogP) is 1.82. The first-order chi connectivity index (χ1) is 10.2. The summed E-state index contributed by atoms with van der Waals surface area (Å²) < 4.78 is 10.4. The van der Waals surface area contributed by atoms with E-state index < -0.39 is 0 Å². The van der Waals surface area contributed by atoms with Gasteiger partial charge < -0.3 is 20.1 Å². The number of carbonyl (C=O) groups is 1. The van der Waals surface area contributed by atoms with Crippen LogP contribution in [-0.2, 0) is 0 Å². The molecular formula is C16H24N2O3. The number of methoxy groups -OCH3 is 2. The third-order valence-electron chi connectivity index (χ3n) is 4.07. The van der Waals surface area contributed by atoms with E-state index in [2.05, 4.69) is 17.6 Å². The van der Waals surface area contributed by atoms with Crippen LogP contribution in [0.3, 0.4) is 0 Å². The predicted molar refractivity (Wildman–Crippen MR) is 82.1 cm³/mol. The molecule has 2 atom stereocenters. The zero-order chi connectivity index (χ0) is 15.2. The van der Waals surface area contributed by atoms with Crippen molar-refractivity contribution in [2.75, 3.05) is 27.3 Å². The molecule has 1 aliphatic heterocycles. The van der Waals surface area contributed by atoms with Crippen molar-refractivity contribution in [3.63, 3.8) is 0 Å². The van der Waals surface area contributed by atoms with Gasteiger partial charge in [0.05, 0.1) is 19.8 Å². The number of nitrogens with one attached hydrogen (secondary N) is 2. The summed E-state index contributed by atoms with van der Waals surface area (Å²) in [6.07, 6.45) is 2.41. The molecule has 1 saturated heterocycles. The second-order valence-electron chi connectivity index (χ2n) is 5.46. The van der Waals surface area contributed by atoms with E-state index in [4.69, 9.17) is 9.47 Å². The van der Waals surface area contributed by atoms with E-state index in [0.717, 1.165) is 6.54 Å². The van der Waals surface area contributed by atoms with Crippen molar-refractivity contribution in [3.8, 4) is 11.5 Å². The summed E-state index contributed by atoms with van der Waals surface area (Å²) >= 11 is 0. The van der Waals surface area contributed by atoms with E-state index in [1.54, 1.807) is 32.4 Å². The Labute approximate surface area is 126 Å². The Morgan fingerprint density at radius 2 is 2.19 bits per heavy atom. The van der Waals surface area contributed by atoms with Crippen molar-refractivity contribution in [2.24, 2.45) is 5.92 Å². The number of rotatable bonds is 5. The van der Waals surface area contributed by atoms with Crippen molar-refractivity contribution in [1.82, 2.24) is 10.6 Å². The fourth-order valence-corrected chi connectivity index (χ4v) is 2.67. The maximum absolute atomic E-state index is 12.3. The zero-order valence-electron chi connectivity index (χ0n) is 12.9. The maximum atomic E-state index is 12.3. The highest BCUT2D eigenvalue weighted by Gasteiger charge is 2.22. The van der Waals surface area contributed by atoms with Crippen molar-refractivity contribution in [1.29, 1.82) is 0 Å². The van der Waals surface area contributed by atoms with E-state index in [9.17, 15) is 4.79 Å². The van der Waals surface area contributed by atoms with Gasteiger partial charge in [-0.25, -0.2) is 0 Å². The van der Waals surface area contributed by atoms with Gasteiger partial charge in [0.2, 0.25) is 0 Å². The molecule has 1 aromatic rings. The van der Waals surface area contributed by atoms with Crippen LogP contribution in [0, 0.1) is 5.92 Å². The molecule has 2 N–H and O–H groups in total. The van der Waals surface area contributed by atoms with E-state index in [0.29, 0.717) is 35.6 Å². The number of amides is 1. The molecule has 0 aliphatic carbocycles. The first-order valence-electron chi connectivity index (χ1n) is 7.39. The number of carbonyl (C=O) groups excluding carboxylic acids is 1. The van der Waals surface area contributed by atoms with Gasteiger partial charge in [0.25, 0.3) is 5.91 Å². The lowest BCUT2D eigenvalue weighted by Crippen LogP contribution is -2.47. The van der Waals surface area contributed by atoms with E-state index in [1.165, 1.54) is 12.8 Å². The van der Waals surface area contributed by atoms with Crippen LogP contribution in [0.25, 0.3) is 0 Å². The molecule has 1 fully saturated rings. The van der Waals surface area contributed by atoms with Crippen molar-refractivity contribution in [2.45, 2.75) is 25.8 Å². The molecular weight excluding hydrogens is 268 g/mol. The fraction of sp³-hybridized carbons (Fsp3) is 0.562. The number of hydrogen-bond acceptors (Lipinski definition) is 4. The Balaban J connectivity index is 1.99. The van der Waals surface area contributed by atoms with Crippen molar-refractivity contribution >= 4 is 5.91 Å². The van der Waals surface area contributed by atoms with Crippen molar-refractivity contribution in [3.05, 3.63) is 23.8 Å². The largest absolute Gasteiger partial charge is 0.497 e. The molecule has 5 nitrogen and oxygen atoms in total. The molecule has 0 bridgehead atoms. The Hall–Kier alpha value is -1.75. The standard InChI is InChI=1S/C16H24N2O3/c1-11-5-4-8-17-14(11)10-18-16(19)13-7-6-12(20-2)9-15(13)21-3/h6-7,9,11,14,17H,4-5,8,10H2,1-3H3,(H,18,19). The third kappa shape index (κ3) is 3.88. The topological polar surface area (TPSA) is 59.6 Å². The van der Waals surface area contributed by atoms with E-state index in [1.807, 2.05) is 0 Å². The monoisotopic (exact) mass is 292 g/mol. The van der Waals surface area contributed by atoms with Gasteiger partial charge in [-0.3, -0.25) is 4.79 Å². The van der Waals surface area contributed by atoms with Gasteiger partial charge in [0.1, 0.15) is 11.5 Å². The summed E-state index contributed by atoms with van der Waals surface area (Å²) in [4.78, 5) is 12.3. The second kappa shape index (κ2) is 7.31. The van der Waals surface area contributed by atoms with Crippen LogP contribution in [0.2, 0.25) is 0 Å². The number of hydrogen-bond donors (Lipinski definition) is 2. The Morgan fingerprint density at radius 1 is 1.38 bits per heavy atom. The average molecular weight is 292 g/mol. The lowest BCUT2D eigenvalue weighted by Gasteiger charge is -2.30. The van der Waals surface area contributed by atoms with Crippen LogP contribution >= 0.6 is 0 Å². The quantitative estimate of drug-likeness (QED) is 0.869. The molecule has 0 spiro atoms. The van der Waals surface area contributed by atoms with E-state index >= 15 is 0 Å². The molecule has 1 amide bonds. The minimum atomic E-state index is -0.117. The summed E-state index contributed by atoms with van der Waals surface area (Å²) in [5, 5.41) is 6.45. The summed E-state index contributed by atoms with van der Waals surface area (Å²) in [6, 6.07) is 5.55. The second-order valence-corrected chi connectivity index (χ2v) is 5.46. The molecule has 1 aliphatic rings. The minimum absolute atomic E-state index is 0.117. The Bertz CT molecular complexity index is 490. The molecule has 0 saturated carbocycles. The SMILES string of the molecule is COc1ccc(C(=O)NCC2NCCCC2C)c(OC)c1. The van der Waals surface area contributed by atoms with Crippen LogP contribution in [0.15, 0.2) is 18.2 Å². The van der Waals surface area contributed by atoms with Gasteiger partial charge in [-0.2, -0.15) is 0 Å². The Kier molecular flexibility index (Phi) is 5.44. The van der Waals surface area contributed by atoms with Gasteiger partial charge in [0, 0.05) is 18.7 Å². The van der Waals surface area contributed by atoms with Crippen LogP contribution in [-0.4, -0.2) is 39.3 Å². The lowest BCUT2D eigenvalue weighted by atomic mass is 9.93. The average Bonchev–Trinajstić information content (AvgIpc) is 2.53. The van der Waals surface area contributed by atoms with Crippen LogP contribution < -0.4 is 20.1 Å². The van der Waals surface area contributed by atoms with E-state index in [-0.39, 0.29) is 5.91 Å². The third-order valence-corrected chi connectivity index (χ3v) is 4.07. The van der Waals surface area contributed by atoms with Gasteiger partial charge in [-0.1, -0.05) is 6.92 Å². The lowest BCUT2D eigenvalue weighted by molar-refractivity contribution is 0.0940. The number of ether oxygens (including phenoxy) is 2. The molecule has 0 radical (unpaired) electrons. The zero-order valence-corrected chi connectivity index (χ0v) is 12.9. The molecule has 5 heteroatoms. The summed E-state index contributed by atoms with van der Waals surface area (Å²) in [6.45, 7) is 3.88. The van der Waals surface area contributed by atoms with Crippen LogP contribution in [0.5, 0.6) is 11.5 Å². The number of piperidine rings is 1. The van der Waals surface area contributed by atoms with Gasteiger partial charge in [0.15, 0.2) is 0 Å². The first kappa shape index (κ1) is 15.6. The highest BCUT2D eigenvalue weighted by Crippen LogP contribution is 2.24. The molecule has 2 rings (SSSR count). The highest BCUT2D eigenvalue weighted by molar-refractivity contribution is 5.97. The molecule has 2 unspecified atom stereocenters. The molecule has 1 heterocycles. The molecule has 0 aromatic heterocycles. The molecule has 21 heavy (non-hydrogen) atoms. The molecule has 116 valence electrons. The summed E-state index contributed by atoms with van der Waals surface area (Å²) in [5.41, 5.74) is 0.529. The van der Waals surface area contributed by atoms with Crippen LogP contribution in [0.1, 0.15) is 30.1 Å². The van der Waals surface area contributed by atoms with Crippen LogP contribution in [0.4, 0.5) is 0 Å². The van der Waals surface area contributed by atoms with Gasteiger partial charge >= 0.3 is 0 Å². The maximum Gasteiger partial charge on any atom is 0.255 e. The van der Waals surface area contributed by atoms with Gasteiger partial charge in [-0.15, -0.1) is 0 Å². The number of benzene rings is 1. The first-order valence-corrected chi connectivity index (χ1v) is 7.39. The smallest absolute Gasteiger partial charge is 0.255 e. The van der Waals surface area contributed by atoms with Gasteiger partial charge in [-0.05, 0) is 37.4 Å². The normalized spacial score (nSPS) is 21.7. The highest BCUT2D eigenvalue weighted by atomic mass is 16.5. The summed E-state index contributed by atoms with van der Waals surface area (Å²) in [7, 11) is 3.14. The Morgan fingerprint density at radius 3 is 2.86 bits per heavy atom. The fourth-order valence-electron chi connectivity index (χ4n) is 2.67. The molecule has 1 aromatic carbocycles.